The van der Waals surface area contributed by atoms with E-state index in [1.54, 1.807) is 0 Å². The maximum atomic E-state index is 9.01. The first-order valence-electron chi connectivity index (χ1n) is 7.89. The second-order valence-electron chi connectivity index (χ2n) is 7.00. The fraction of sp³-hybridized carbons (Fsp3) is 1.00. The van der Waals surface area contributed by atoms with Crippen molar-refractivity contribution in [2.75, 3.05) is 39.6 Å². The number of rotatable bonds is 7. The van der Waals surface area contributed by atoms with Gasteiger partial charge >= 0.3 is 0 Å². The molecule has 0 spiro atoms. The summed E-state index contributed by atoms with van der Waals surface area (Å²) in [5.74, 6) is 0.663. The summed E-state index contributed by atoms with van der Waals surface area (Å²) in [6, 6.07) is 0. The zero-order valence-electron chi connectivity index (χ0n) is 13.4. The van der Waals surface area contributed by atoms with Crippen LogP contribution >= 0.6 is 0 Å². The van der Waals surface area contributed by atoms with Gasteiger partial charge in [-0.3, -0.25) is 0 Å². The maximum absolute atomic E-state index is 9.01. The minimum absolute atomic E-state index is 0.119. The number of hydrogen-bond acceptors (Lipinski definition) is 4. The topological polar surface area (TPSA) is 58.9 Å². The average Bonchev–Trinajstić information content (AvgIpc) is 2.34. The number of ether oxygens (including phenoxy) is 2. The molecule has 2 saturated heterocycles. The van der Waals surface area contributed by atoms with Gasteiger partial charge in [-0.2, -0.15) is 0 Å². The molecule has 2 N–H and O–H groups in total. The summed E-state index contributed by atoms with van der Waals surface area (Å²) >= 11 is 0. The quantitative estimate of drug-likeness (QED) is 0.754. The Balaban J connectivity index is 0.000000200. The van der Waals surface area contributed by atoms with Crippen molar-refractivity contribution in [3.05, 3.63) is 0 Å². The maximum Gasteiger partial charge on any atom is 0.0567 e. The van der Waals surface area contributed by atoms with Crippen LogP contribution in [0.1, 0.15) is 46.5 Å². The Kier molecular flexibility index (Phi) is 7.45. The van der Waals surface area contributed by atoms with Gasteiger partial charge in [0.1, 0.15) is 0 Å². The molecule has 0 aromatic heterocycles. The molecular weight excluding hydrogens is 256 g/mol. The summed E-state index contributed by atoms with van der Waals surface area (Å²) in [4.78, 5) is 0. The number of aliphatic hydroxyl groups excluding tert-OH is 2. The molecular formula is C16H32O4. The lowest BCUT2D eigenvalue weighted by Crippen LogP contribution is -2.46. The predicted molar refractivity (Wildman–Crippen MR) is 79.7 cm³/mol. The van der Waals surface area contributed by atoms with Crippen LogP contribution in [0.25, 0.3) is 0 Å². The fourth-order valence-electron chi connectivity index (χ4n) is 2.79. The second-order valence-corrected chi connectivity index (χ2v) is 7.00. The Morgan fingerprint density at radius 2 is 1.45 bits per heavy atom. The van der Waals surface area contributed by atoms with E-state index >= 15 is 0 Å². The molecule has 0 atom stereocenters. The molecule has 2 aliphatic heterocycles. The van der Waals surface area contributed by atoms with Gasteiger partial charge in [-0.15, -0.1) is 0 Å². The zero-order chi connectivity index (χ0) is 15.1. The highest BCUT2D eigenvalue weighted by Crippen LogP contribution is 2.33. The molecule has 0 aliphatic carbocycles. The third-order valence-corrected chi connectivity index (χ3v) is 4.21. The van der Waals surface area contributed by atoms with Crippen LogP contribution in [0, 0.1) is 16.7 Å². The van der Waals surface area contributed by atoms with Crippen molar-refractivity contribution in [2.24, 2.45) is 16.7 Å². The van der Waals surface area contributed by atoms with Crippen LogP contribution in [0.3, 0.4) is 0 Å². The third kappa shape index (κ3) is 4.99. The van der Waals surface area contributed by atoms with E-state index < -0.39 is 0 Å². The predicted octanol–water partition coefficient (Wildman–Crippen LogP) is 2.23. The van der Waals surface area contributed by atoms with Gasteiger partial charge in [-0.05, 0) is 18.8 Å². The number of unbranched alkanes of at least 4 members (excludes halogenated alkanes) is 1. The van der Waals surface area contributed by atoms with E-state index in [9.17, 15) is 0 Å². The standard InChI is InChI=1S/2C8H16O2/c1-7(2)3-8(4-9)5-10-6-8;1-2-3-4-8(5-9)6-10-7-8/h7,9H,3-6H2,1-2H3;9H,2-7H2,1H3. The lowest BCUT2D eigenvalue weighted by atomic mass is 9.79. The minimum atomic E-state index is 0.119. The first-order valence-corrected chi connectivity index (χ1v) is 7.89. The highest BCUT2D eigenvalue weighted by atomic mass is 16.5. The average molecular weight is 288 g/mol. The van der Waals surface area contributed by atoms with Crippen LogP contribution in [-0.4, -0.2) is 49.9 Å². The van der Waals surface area contributed by atoms with Crippen LogP contribution in [0.5, 0.6) is 0 Å². The summed E-state index contributed by atoms with van der Waals surface area (Å²) < 4.78 is 10.1. The van der Waals surface area contributed by atoms with Gasteiger partial charge in [0.25, 0.3) is 0 Å². The Labute approximate surface area is 123 Å². The van der Waals surface area contributed by atoms with Crippen molar-refractivity contribution in [1.29, 1.82) is 0 Å². The Morgan fingerprint density at radius 1 is 0.950 bits per heavy atom. The summed E-state index contributed by atoms with van der Waals surface area (Å²) in [5, 5.41) is 18.0. The van der Waals surface area contributed by atoms with Gasteiger partial charge < -0.3 is 19.7 Å². The van der Waals surface area contributed by atoms with Crippen LogP contribution in [0.15, 0.2) is 0 Å². The lowest BCUT2D eigenvalue weighted by molar-refractivity contribution is -0.145. The molecule has 0 bridgehead atoms. The highest BCUT2D eigenvalue weighted by molar-refractivity contribution is 4.85. The van der Waals surface area contributed by atoms with Crippen LogP contribution in [-0.2, 0) is 9.47 Å². The number of aliphatic hydroxyl groups is 2. The van der Waals surface area contributed by atoms with Gasteiger partial charge in [-0.1, -0.05) is 33.6 Å². The summed E-state index contributed by atoms with van der Waals surface area (Å²) in [6.07, 6.45) is 4.63. The Bertz CT molecular complexity index is 246. The molecule has 2 fully saturated rings. The van der Waals surface area contributed by atoms with E-state index in [1.165, 1.54) is 12.8 Å². The van der Waals surface area contributed by atoms with E-state index in [4.69, 9.17) is 19.7 Å². The summed E-state index contributed by atoms with van der Waals surface area (Å²) in [6.45, 7) is 10.1. The monoisotopic (exact) mass is 288 g/mol. The smallest absolute Gasteiger partial charge is 0.0567 e. The molecule has 4 heteroatoms. The SMILES string of the molecule is CC(C)CC1(CO)COC1.CCCCC1(CO)COC1. The fourth-order valence-corrected chi connectivity index (χ4v) is 2.79. The van der Waals surface area contributed by atoms with Crippen molar-refractivity contribution in [3.8, 4) is 0 Å². The summed E-state index contributed by atoms with van der Waals surface area (Å²) in [5.41, 5.74) is 0.268. The Morgan fingerprint density at radius 3 is 1.65 bits per heavy atom. The molecule has 0 radical (unpaired) electrons. The van der Waals surface area contributed by atoms with Crippen molar-refractivity contribution >= 4 is 0 Å². The molecule has 0 aromatic carbocycles. The molecule has 2 aliphatic rings. The van der Waals surface area contributed by atoms with Crippen molar-refractivity contribution in [1.82, 2.24) is 0 Å². The Hall–Kier alpha value is -0.160. The molecule has 2 rings (SSSR count). The first kappa shape index (κ1) is 17.9. The van der Waals surface area contributed by atoms with E-state index in [1.807, 2.05) is 0 Å². The van der Waals surface area contributed by atoms with Crippen molar-refractivity contribution in [3.63, 3.8) is 0 Å². The van der Waals surface area contributed by atoms with Gasteiger partial charge in [-0.25, -0.2) is 0 Å². The van der Waals surface area contributed by atoms with Gasteiger partial charge in [0.2, 0.25) is 0 Å². The van der Waals surface area contributed by atoms with Crippen molar-refractivity contribution < 1.29 is 19.7 Å². The molecule has 0 aromatic rings. The van der Waals surface area contributed by atoms with E-state index in [-0.39, 0.29) is 17.4 Å². The van der Waals surface area contributed by atoms with E-state index in [2.05, 4.69) is 20.8 Å². The van der Waals surface area contributed by atoms with Crippen LogP contribution in [0.4, 0.5) is 0 Å². The van der Waals surface area contributed by atoms with Gasteiger partial charge in [0.15, 0.2) is 0 Å². The summed E-state index contributed by atoms with van der Waals surface area (Å²) in [7, 11) is 0. The number of hydrogen-bond donors (Lipinski definition) is 2. The largest absolute Gasteiger partial charge is 0.396 e. The third-order valence-electron chi connectivity index (χ3n) is 4.21. The normalized spacial score (nSPS) is 22.5. The molecule has 0 saturated carbocycles. The zero-order valence-corrected chi connectivity index (χ0v) is 13.4. The van der Waals surface area contributed by atoms with E-state index in [0.29, 0.717) is 12.5 Å². The van der Waals surface area contributed by atoms with Crippen LogP contribution in [0.2, 0.25) is 0 Å². The second kappa shape index (κ2) is 8.32. The molecule has 120 valence electrons. The minimum Gasteiger partial charge on any atom is -0.396 e. The van der Waals surface area contributed by atoms with E-state index in [0.717, 1.165) is 39.3 Å². The highest BCUT2D eigenvalue weighted by Gasteiger charge is 2.38. The molecule has 20 heavy (non-hydrogen) atoms. The first-order chi connectivity index (χ1) is 9.51. The van der Waals surface area contributed by atoms with Gasteiger partial charge in [0.05, 0.1) is 39.6 Å². The molecule has 4 nitrogen and oxygen atoms in total. The van der Waals surface area contributed by atoms with Crippen molar-refractivity contribution in [2.45, 2.75) is 46.5 Å². The lowest BCUT2D eigenvalue weighted by Gasteiger charge is -2.41. The molecule has 0 amide bonds. The molecule has 2 heterocycles. The van der Waals surface area contributed by atoms with Crippen LogP contribution < -0.4 is 0 Å². The van der Waals surface area contributed by atoms with Gasteiger partial charge in [0, 0.05) is 10.8 Å². The molecule has 0 unspecified atom stereocenters.